The molecule has 2 unspecified atom stereocenters. The van der Waals surface area contributed by atoms with Crippen molar-refractivity contribution in [2.75, 3.05) is 20.2 Å². The summed E-state index contributed by atoms with van der Waals surface area (Å²) in [7, 11) is -1.89. The van der Waals surface area contributed by atoms with Crippen LogP contribution in [0.3, 0.4) is 0 Å². The molecule has 2 atom stereocenters. The summed E-state index contributed by atoms with van der Waals surface area (Å²) in [5.74, 6) is 0. The first-order valence-corrected chi connectivity index (χ1v) is 6.98. The van der Waals surface area contributed by atoms with Crippen LogP contribution in [0.5, 0.6) is 0 Å². The fourth-order valence-corrected chi connectivity index (χ4v) is 3.55. The van der Waals surface area contributed by atoms with Crippen molar-refractivity contribution >= 4 is 10.0 Å². The second-order valence-electron chi connectivity index (χ2n) is 3.93. The fourth-order valence-electron chi connectivity index (χ4n) is 1.88. The van der Waals surface area contributed by atoms with E-state index < -0.39 is 15.3 Å². The van der Waals surface area contributed by atoms with Crippen molar-refractivity contribution < 1.29 is 13.2 Å². The molecule has 92 valence electrons. The van der Waals surface area contributed by atoms with Gasteiger partial charge in [0.15, 0.2) is 5.25 Å². The first-order valence-electron chi connectivity index (χ1n) is 5.47. The van der Waals surface area contributed by atoms with Crippen LogP contribution in [0.2, 0.25) is 0 Å². The topological polar surface area (TPSA) is 70.4 Å². The Morgan fingerprint density at radius 2 is 2.31 bits per heavy atom. The Hall–Kier alpha value is -0.640. The van der Waals surface area contributed by atoms with Gasteiger partial charge in [0.2, 0.25) is 10.0 Å². The van der Waals surface area contributed by atoms with Crippen molar-refractivity contribution in [1.29, 1.82) is 5.26 Å². The number of nitriles is 1. The lowest BCUT2D eigenvalue weighted by atomic mass is 10.1. The standard InChI is InChI=1S/C10H18N2O3S/c1-3-10(7-11)16(13,14)12-6-4-5-9(8-12)15-2/h9-10H,3-6,8H2,1-2H3. The molecule has 0 aromatic heterocycles. The van der Waals surface area contributed by atoms with E-state index in [0.717, 1.165) is 12.8 Å². The molecule has 0 saturated carbocycles. The predicted octanol–water partition coefficient (Wildman–Crippen LogP) is 0.729. The van der Waals surface area contributed by atoms with Gasteiger partial charge < -0.3 is 4.74 Å². The van der Waals surface area contributed by atoms with E-state index in [1.165, 1.54) is 4.31 Å². The summed E-state index contributed by atoms with van der Waals surface area (Å²) in [5.41, 5.74) is 0. The molecule has 16 heavy (non-hydrogen) atoms. The molecule has 0 amide bonds. The lowest BCUT2D eigenvalue weighted by molar-refractivity contribution is 0.0570. The van der Waals surface area contributed by atoms with Crippen LogP contribution in [0.15, 0.2) is 0 Å². The second kappa shape index (κ2) is 5.62. The van der Waals surface area contributed by atoms with E-state index in [-0.39, 0.29) is 6.10 Å². The molecule has 1 rings (SSSR count). The molecule has 5 nitrogen and oxygen atoms in total. The number of hydrogen-bond acceptors (Lipinski definition) is 4. The number of nitrogens with zero attached hydrogens (tertiary/aromatic N) is 2. The van der Waals surface area contributed by atoms with Gasteiger partial charge in [-0.1, -0.05) is 6.92 Å². The van der Waals surface area contributed by atoms with Gasteiger partial charge in [0.05, 0.1) is 12.2 Å². The van der Waals surface area contributed by atoms with Crippen LogP contribution < -0.4 is 0 Å². The van der Waals surface area contributed by atoms with Crippen molar-refractivity contribution in [2.24, 2.45) is 0 Å². The Morgan fingerprint density at radius 1 is 1.62 bits per heavy atom. The van der Waals surface area contributed by atoms with Gasteiger partial charge >= 0.3 is 0 Å². The second-order valence-corrected chi connectivity index (χ2v) is 6.04. The number of methoxy groups -OCH3 is 1. The number of ether oxygens (including phenoxy) is 1. The summed E-state index contributed by atoms with van der Waals surface area (Å²) in [6.07, 6.45) is 1.96. The number of hydrogen-bond donors (Lipinski definition) is 0. The lowest BCUT2D eigenvalue weighted by Crippen LogP contribution is -2.46. The van der Waals surface area contributed by atoms with E-state index in [9.17, 15) is 8.42 Å². The van der Waals surface area contributed by atoms with E-state index in [1.54, 1.807) is 14.0 Å². The van der Waals surface area contributed by atoms with Crippen LogP contribution in [0, 0.1) is 11.3 Å². The van der Waals surface area contributed by atoms with E-state index >= 15 is 0 Å². The smallest absolute Gasteiger partial charge is 0.230 e. The Kier molecular flexibility index (Phi) is 4.71. The third-order valence-electron chi connectivity index (χ3n) is 2.91. The highest BCUT2D eigenvalue weighted by Gasteiger charge is 2.34. The molecule has 1 aliphatic rings. The maximum atomic E-state index is 12.1. The number of sulfonamides is 1. The van der Waals surface area contributed by atoms with Gasteiger partial charge in [-0.05, 0) is 19.3 Å². The minimum Gasteiger partial charge on any atom is -0.380 e. The van der Waals surface area contributed by atoms with Crippen LogP contribution in [0.1, 0.15) is 26.2 Å². The zero-order chi connectivity index (χ0) is 12.2. The van der Waals surface area contributed by atoms with Gasteiger partial charge in [-0.3, -0.25) is 0 Å². The Bertz CT molecular complexity index is 361. The van der Waals surface area contributed by atoms with Gasteiger partial charge in [-0.2, -0.15) is 9.57 Å². The molecule has 0 radical (unpaired) electrons. The van der Waals surface area contributed by atoms with Crippen LogP contribution in [-0.4, -0.2) is 44.3 Å². The maximum Gasteiger partial charge on any atom is 0.230 e. The van der Waals surface area contributed by atoms with Crippen LogP contribution in [0.4, 0.5) is 0 Å². The highest BCUT2D eigenvalue weighted by molar-refractivity contribution is 7.90. The molecular formula is C10H18N2O3S. The van der Waals surface area contributed by atoms with Gasteiger partial charge in [-0.25, -0.2) is 8.42 Å². The Morgan fingerprint density at radius 3 is 2.81 bits per heavy atom. The third-order valence-corrected chi connectivity index (χ3v) is 5.12. The zero-order valence-electron chi connectivity index (χ0n) is 9.72. The molecule has 0 spiro atoms. The van der Waals surface area contributed by atoms with Crippen molar-refractivity contribution in [3.05, 3.63) is 0 Å². The molecule has 0 aromatic carbocycles. The molecule has 6 heteroatoms. The summed E-state index contributed by atoms with van der Waals surface area (Å²) >= 11 is 0. The molecule has 0 aromatic rings. The Balaban J connectivity index is 2.80. The van der Waals surface area contributed by atoms with E-state index in [0.29, 0.717) is 19.5 Å². The normalized spacial score (nSPS) is 24.9. The number of piperidine rings is 1. The molecule has 0 aliphatic carbocycles. The predicted molar refractivity (Wildman–Crippen MR) is 60.2 cm³/mol. The highest BCUT2D eigenvalue weighted by Crippen LogP contribution is 2.19. The average Bonchev–Trinajstić information content (AvgIpc) is 2.30. The van der Waals surface area contributed by atoms with Crippen LogP contribution >= 0.6 is 0 Å². The van der Waals surface area contributed by atoms with E-state index in [1.807, 2.05) is 6.07 Å². The first-order chi connectivity index (χ1) is 7.56. The summed E-state index contributed by atoms with van der Waals surface area (Å²) in [4.78, 5) is 0. The quantitative estimate of drug-likeness (QED) is 0.733. The lowest BCUT2D eigenvalue weighted by Gasteiger charge is -2.32. The molecule has 1 saturated heterocycles. The van der Waals surface area contributed by atoms with Gasteiger partial charge in [0.25, 0.3) is 0 Å². The molecule has 1 heterocycles. The molecule has 0 bridgehead atoms. The van der Waals surface area contributed by atoms with Crippen molar-refractivity contribution in [2.45, 2.75) is 37.5 Å². The third kappa shape index (κ3) is 2.73. The van der Waals surface area contributed by atoms with E-state index in [2.05, 4.69) is 0 Å². The molecule has 1 fully saturated rings. The van der Waals surface area contributed by atoms with Crippen molar-refractivity contribution in [3.63, 3.8) is 0 Å². The SMILES string of the molecule is CCC(C#N)S(=O)(=O)N1CCCC(OC)C1. The van der Waals surface area contributed by atoms with E-state index in [4.69, 9.17) is 10.00 Å². The van der Waals surface area contributed by atoms with Gasteiger partial charge in [-0.15, -0.1) is 0 Å². The largest absolute Gasteiger partial charge is 0.380 e. The molecule has 0 N–H and O–H groups in total. The summed E-state index contributed by atoms with van der Waals surface area (Å²) in [5, 5.41) is 7.90. The summed E-state index contributed by atoms with van der Waals surface area (Å²) in [6, 6.07) is 1.85. The molecule has 1 aliphatic heterocycles. The van der Waals surface area contributed by atoms with Gasteiger partial charge in [0, 0.05) is 20.2 Å². The number of rotatable bonds is 4. The minimum atomic E-state index is -3.48. The average molecular weight is 246 g/mol. The molecular weight excluding hydrogens is 228 g/mol. The Labute approximate surface area is 97.0 Å². The van der Waals surface area contributed by atoms with Crippen molar-refractivity contribution in [3.8, 4) is 6.07 Å². The monoisotopic (exact) mass is 246 g/mol. The summed E-state index contributed by atoms with van der Waals surface area (Å²) in [6.45, 7) is 2.58. The van der Waals surface area contributed by atoms with Crippen LogP contribution in [-0.2, 0) is 14.8 Å². The minimum absolute atomic E-state index is 0.0419. The zero-order valence-corrected chi connectivity index (χ0v) is 10.5. The maximum absolute atomic E-state index is 12.1. The van der Waals surface area contributed by atoms with Gasteiger partial charge in [0.1, 0.15) is 0 Å². The fraction of sp³-hybridized carbons (Fsp3) is 0.900. The summed E-state index contributed by atoms with van der Waals surface area (Å²) < 4.78 is 30.7. The first kappa shape index (κ1) is 13.4. The van der Waals surface area contributed by atoms with Crippen molar-refractivity contribution in [1.82, 2.24) is 4.31 Å². The highest BCUT2D eigenvalue weighted by atomic mass is 32.2. The van der Waals surface area contributed by atoms with Crippen LogP contribution in [0.25, 0.3) is 0 Å².